The number of hydrogen-bond acceptors (Lipinski definition) is 3. The van der Waals surface area contributed by atoms with Crippen LogP contribution in [-0.4, -0.2) is 23.9 Å². The van der Waals surface area contributed by atoms with Crippen molar-refractivity contribution in [1.29, 1.82) is 0 Å². The Balaban J connectivity index is 2.71. The number of carboxylic acid groups (broad SMARTS) is 1. The highest BCUT2D eigenvalue weighted by Gasteiger charge is 2.20. The third kappa shape index (κ3) is 3.59. The minimum Gasteiger partial charge on any atom is -0.496 e. The average Bonchev–Trinajstić information content (AvgIpc) is 2.59. The molecule has 0 atom stereocenters. The first kappa shape index (κ1) is 16.7. The molecule has 0 unspecified atom stereocenters. The number of nitrogens with zero attached hydrogens (tertiary/aromatic N) is 1. The third-order valence-electron chi connectivity index (χ3n) is 3.72. The molecule has 0 spiro atoms. The molecule has 1 N–H and O–H groups in total. The van der Waals surface area contributed by atoms with E-state index in [9.17, 15) is 9.90 Å². The van der Waals surface area contributed by atoms with Crippen molar-refractivity contribution in [2.75, 3.05) is 7.11 Å². The maximum absolute atomic E-state index is 11.7. The van der Waals surface area contributed by atoms with Crippen molar-refractivity contribution in [3.8, 4) is 5.75 Å². The monoisotopic (exact) mass is 311 g/mol. The quantitative estimate of drug-likeness (QED) is 0.800. The van der Waals surface area contributed by atoms with Gasteiger partial charge in [0.05, 0.1) is 18.4 Å². The van der Waals surface area contributed by atoms with Crippen LogP contribution in [0.2, 0.25) is 0 Å². The van der Waals surface area contributed by atoms with Gasteiger partial charge in [-0.1, -0.05) is 32.0 Å². The predicted octanol–water partition coefficient (Wildman–Crippen LogP) is 4.49. The van der Waals surface area contributed by atoms with Gasteiger partial charge in [0.15, 0.2) is 0 Å². The minimum atomic E-state index is -0.952. The van der Waals surface area contributed by atoms with Crippen LogP contribution in [0.15, 0.2) is 47.5 Å². The van der Waals surface area contributed by atoms with E-state index in [1.807, 2.05) is 44.2 Å². The number of benzene rings is 2. The molecule has 0 saturated carbocycles. The Morgan fingerprint density at radius 3 is 2.35 bits per heavy atom. The predicted molar refractivity (Wildman–Crippen MR) is 92.3 cm³/mol. The van der Waals surface area contributed by atoms with Gasteiger partial charge < -0.3 is 9.84 Å². The molecule has 0 saturated heterocycles. The largest absolute Gasteiger partial charge is 0.496 e. The van der Waals surface area contributed by atoms with Gasteiger partial charge in [-0.25, -0.2) is 4.79 Å². The van der Waals surface area contributed by atoms with E-state index in [4.69, 9.17) is 4.74 Å². The normalized spacial score (nSPS) is 11.3. The smallest absolute Gasteiger partial charge is 0.336 e. The molecule has 0 fully saturated rings. The van der Waals surface area contributed by atoms with Gasteiger partial charge in [0.2, 0.25) is 0 Å². The maximum atomic E-state index is 11.7. The van der Waals surface area contributed by atoms with E-state index in [-0.39, 0.29) is 5.56 Å². The molecule has 2 aromatic carbocycles. The summed E-state index contributed by atoms with van der Waals surface area (Å²) in [6, 6.07) is 12.9. The number of para-hydroxylation sites is 1. The number of ether oxygens (including phenoxy) is 1. The van der Waals surface area contributed by atoms with E-state index in [1.165, 1.54) is 0 Å². The van der Waals surface area contributed by atoms with E-state index in [1.54, 1.807) is 19.2 Å². The van der Waals surface area contributed by atoms with Crippen molar-refractivity contribution in [1.82, 2.24) is 0 Å². The Kier molecular flexibility index (Phi) is 5.52. The molecular formula is C19H21NO3. The molecule has 0 amide bonds. The molecule has 2 rings (SSSR count). The van der Waals surface area contributed by atoms with E-state index >= 15 is 0 Å². The first-order valence-electron chi connectivity index (χ1n) is 7.68. The molecule has 0 bridgehead atoms. The Hall–Kier alpha value is -2.62. The zero-order valence-corrected chi connectivity index (χ0v) is 13.7. The van der Waals surface area contributed by atoms with Crippen molar-refractivity contribution in [3.05, 3.63) is 59.2 Å². The molecule has 0 aliphatic heterocycles. The first-order valence-corrected chi connectivity index (χ1v) is 7.68. The second kappa shape index (κ2) is 7.58. The number of aliphatic imine (C=N–C) groups is 1. The molecule has 2 aromatic rings. The Labute approximate surface area is 136 Å². The molecule has 120 valence electrons. The molecule has 0 aliphatic carbocycles. The van der Waals surface area contributed by atoms with Gasteiger partial charge in [0.1, 0.15) is 5.75 Å². The SMILES string of the molecule is CCC(=Nc1ccccc1)c1c(C(=O)O)ccc(OC)c1CC. The summed E-state index contributed by atoms with van der Waals surface area (Å²) in [6.45, 7) is 3.97. The zero-order valence-electron chi connectivity index (χ0n) is 13.7. The number of methoxy groups -OCH3 is 1. The first-order chi connectivity index (χ1) is 11.1. The van der Waals surface area contributed by atoms with E-state index in [0.29, 0.717) is 24.2 Å². The number of carboxylic acids is 1. The lowest BCUT2D eigenvalue weighted by molar-refractivity contribution is 0.0696. The number of carbonyl (C=O) groups is 1. The molecule has 0 heterocycles. The lowest BCUT2D eigenvalue weighted by atomic mass is 9.93. The maximum Gasteiger partial charge on any atom is 0.336 e. The van der Waals surface area contributed by atoms with Gasteiger partial charge in [-0.2, -0.15) is 0 Å². The van der Waals surface area contributed by atoms with Crippen molar-refractivity contribution in [3.63, 3.8) is 0 Å². The molecule has 4 nitrogen and oxygen atoms in total. The highest BCUT2D eigenvalue weighted by atomic mass is 16.5. The van der Waals surface area contributed by atoms with Crippen LogP contribution in [0.5, 0.6) is 5.75 Å². The number of hydrogen-bond donors (Lipinski definition) is 1. The standard InChI is InChI=1S/C19H21NO3/c1-4-14-17(23-3)12-11-15(19(21)22)18(14)16(5-2)20-13-9-7-6-8-10-13/h6-12H,4-5H2,1-3H3,(H,21,22). The summed E-state index contributed by atoms with van der Waals surface area (Å²) in [7, 11) is 1.60. The number of aromatic carboxylic acids is 1. The second-order valence-electron chi connectivity index (χ2n) is 5.08. The Bertz CT molecular complexity index is 721. The van der Waals surface area contributed by atoms with Crippen LogP contribution in [0.25, 0.3) is 0 Å². The molecular weight excluding hydrogens is 290 g/mol. The molecule has 0 radical (unpaired) electrons. The average molecular weight is 311 g/mol. The molecule has 0 aromatic heterocycles. The minimum absolute atomic E-state index is 0.263. The highest BCUT2D eigenvalue weighted by molar-refractivity contribution is 6.10. The third-order valence-corrected chi connectivity index (χ3v) is 3.72. The van der Waals surface area contributed by atoms with Gasteiger partial charge in [0.25, 0.3) is 0 Å². The van der Waals surface area contributed by atoms with Gasteiger partial charge >= 0.3 is 5.97 Å². The fourth-order valence-corrected chi connectivity index (χ4v) is 2.65. The van der Waals surface area contributed by atoms with Gasteiger partial charge in [-0.3, -0.25) is 4.99 Å². The van der Waals surface area contributed by atoms with Crippen LogP contribution in [0.3, 0.4) is 0 Å². The molecule has 23 heavy (non-hydrogen) atoms. The second-order valence-corrected chi connectivity index (χ2v) is 5.08. The summed E-state index contributed by atoms with van der Waals surface area (Å²) in [6.07, 6.45) is 1.31. The lowest BCUT2D eigenvalue weighted by Gasteiger charge is -2.16. The van der Waals surface area contributed by atoms with Gasteiger partial charge in [-0.15, -0.1) is 0 Å². The van der Waals surface area contributed by atoms with E-state index in [2.05, 4.69) is 4.99 Å². The highest BCUT2D eigenvalue weighted by Crippen LogP contribution is 2.29. The summed E-state index contributed by atoms with van der Waals surface area (Å²) in [4.78, 5) is 16.3. The van der Waals surface area contributed by atoms with Crippen LogP contribution in [0, 0.1) is 0 Å². The summed E-state index contributed by atoms with van der Waals surface area (Å²) < 4.78 is 5.41. The van der Waals surface area contributed by atoms with Crippen molar-refractivity contribution < 1.29 is 14.6 Å². The summed E-state index contributed by atoms with van der Waals surface area (Å²) >= 11 is 0. The van der Waals surface area contributed by atoms with Crippen LogP contribution in [0.4, 0.5) is 5.69 Å². The fourth-order valence-electron chi connectivity index (χ4n) is 2.65. The number of rotatable bonds is 6. The zero-order chi connectivity index (χ0) is 16.8. The van der Waals surface area contributed by atoms with Crippen LogP contribution < -0.4 is 4.74 Å². The van der Waals surface area contributed by atoms with E-state index in [0.717, 1.165) is 17.0 Å². The topological polar surface area (TPSA) is 58.9 Å². The van der Waals surface area contributed by atoms with Crippen molar-refractivity contribution in [2.24, 2.45) is 4.99 Å². The van der Waals surface area contributed by atoms with E-state index < -0.39 is 5.97 Å². The summed E-state index contributed by atoms with van der Waals surface area (Å²) in [5.41, 5.74) is 3.38. The van der Waals surface area contributed by atoms with Gasteiger partial charge in [-0.05, 0) is 37.1 Å². The molecule has 0 aliphatic rings. The fraction of sp³-hybridized carbons (Fsp3) is 0.263. The lowest BCUT2D eigenvalue weighted by Crippen LogP contribution is -2.13. The van der Waals surface area contributed by atoms with Crippen molar-refractivity contribution >= 4 is 17.4 Å². The van der Waals surface area contributed by atoms with Crippen LogP contribution in [0.1, 0.15) is 41.8 Å². The Morgan fingerprint density at radius 1 is 1.13 bits per heavy atom. The summed E-state index contributed by atoms with van der Waals surface area (Å²) in [5, 5.41) is 9.56. The van der Waals surface area contributed by atoms with Crippen LogP contribution in [-0.2, 0) is 6.42 Å². The van der Waals surface area contributed by atoms with Crippen molar-refractivity contribution in [2.45, 2.75) is 26.7 Å². The molecule has 4 heteroatoms. The van der Waals surface area contributed by atoms with Crippen LogP contribution >= 0.6 is 0 Å². The Morgan fingerprint density at radius 2 is 1.83 bits per heavy atom. The van der Waals surface area contributed by atoms with Gasteiger partial charge in [0, 0.05) is 16.8 Å². The summed E-state index contributed by atoms with van der Waals surface area (Å²) in [5.74, 6) is -0.256.